The van der Waals surface area contributed by atoms with E-state index >= 15 is 0 Å². The third-order valence-electron chi connectivity index (χ3n) is 2.68. The Labute approximate surface area is 122 Å². The number of rotatable bonds is 2. The normalized spacial score (nSPS) is 16.2. The van der Waals surface area contributed by atoms with E-state index in [4.69, 9.17) is 40.2 Å². The zero-order valence-electron chi connectivity index (χ0n) is 9.73. The second-order valence-electron chi connectivity index (χ2n) is 3.94. The molecule has 1 fully saturated rings. The molecule has 0 atom stereocenters. The number of halogens is 2. The van der Waals surface area contributed by atoms with Gasteiger partial charge in [-0.15, -0.1) is 0 Å². The van der Waals surface area contributed by atoms with Gasteiger partial charge in [0.05, 0.1) is 23.3 Å². The van der Waals surface area contributed by atoms with Gasteiger partial charge in [-0.3, -0.25) is 0 Å². The Hall–Kier alpha value is -0.610. The minimum atomic E-state index is 0.552. The van der Waals surface area contributed by atoms with Crippen LogP contribution in [0.1, 0.15) is 5.56 Å². The summed E-state index contributed by atoms with van der Waals surface area (Å²) in [7, 11) is 0. The molecule has 0 N–H and O–H groups in total. The Morgan fingerprint density at radius 2 is 1.94 bits per heavy atom. The van der Waals surface area contributed by atoms with E-state index in [-0.39, 0.29) is 0 Å². The molecule has 0 bridgehead atoms. The van der Waals surface area contributed by atoms with Crippen molar-refractivity contribution in [2.24, 2.45) is 0 Å². The van der Waals surface area contributed by atoms with Gasteiger partial charge in [0.2, 0.25) is 0 Å². The number of ether oxygens (including phenoxy) is 1. The number of benzene rings is 1. The molecule has 0 amide bonds. The Balaban J connectivity index is 2.01. The lowest BCUT2D eigenvalue weighted by Gasteiger charge is -2.27. The summed E-state index contributed by atoms with van der Waals surface area (Å²) in [5.41, 5.74) is 0.986. The molecule has 0 unspecified atom stereocenters. The molecule has 2 nitrogen and oxygen atoms in total. The summed E-state index contributed by atoms with van der Waals surface area (Å²) >= 11 is 17.2. The van der Waals surface area contributed by atoms with Crippen LogP contribution < -0.4 is 0 Å². The largest absolute Gasteiger partial charge is 0.378 e. The lowest BCUT2D eigenvalue weighted by molar-refractivity contribution is 0.0694. The van der Waals surface area contributed by atoms with E-state index in [1.165, 1.54) is 0 Å². The molecule has 0 aliphatic carbocycles. The van der Waals surface area contributed by atoms with Crippen molar-refractivity contribution in [1.82, 2.24) is 4.90 Å². The maximum Gasteiger partial charge on any atom is 0.102 e. The van der Waals surface area contributed by atoms with E-state index in [0.29, 0.717) is 10.0 Å². The van der Waals surface area contributed by atoms with Crippen LogP contribution >= 0.6 is 35.4 Å². The number of hydrogen-bond donors (Lipinski definition) is 0. The van der Waals surface area contributed by atoms with Gasteiger partial charge in [0.25, 0.3) is 0 Å². The third kappa shape index (κ3) is 3.69. The van der Waals surface area contributed by atoms with E-state index in [0.717, 1.165) is 36.9 Å². The van der Waals surface area contributed by atoms with E-state index in [2.05, 4.69) is 4.90 Å². The van der Waals surface area contributed by atoms with Gasteiger partial charge < -0.3 is 9.64 Å². The summed E-state index contributed by atoms with van der Waals surface area (Å²) in [6.07, 6.45) is 3.86. The molecule has 0 spiro atoms. The predicted octanol–water partition coefficient (Wildman–Crippen LogP) is 3.67. The summed E-state index contributed by atoms with van der Waals surface area (Å²) in [6.45, 7) is 3.18. The molecule has 2 rings (SSSR count). The van der Waals surface area contributed by atoms with Crippen molar-refractivity contribution in [3.8, 4) is 0 Å². The second-order valence-corrected chi connectivity index (χ2v) is 5.18. The zero-order chi connectivity index (χ0) is 13.0. The highest BCUT2D eigenvalue weighted by Crippen LogP contribution is 2.23. The molecule has 1 heterocycles. The molecule has 1 saturated heterocycles. The lowest BCUT2D eigenvalue weighted by atomic mass is 10.2. The molecule has 1 aromatic carbocycles. The van der Waals surface area contributed by atoms with Crippen molar-refractivity contribution in [2.45, 2.75) is 0 Å². The summed E-state index contributed by atoms with van der Waals surface area (Å²) in [4.78, 5) is 2.96. The zero-order valence-corrected chi connectivity index (χ0v) is 12.1. The second kappa shape index (κ2) is 6.53. The number of hydrogen-bond acceptors (Lipinski definition) is 2. The topological polar surface area (TPSA) is 12.5 Å². The van der Waals surface area contributed by atoms with Gasteiger partial charge in [-0.05, 0) is 23.8 Å². The molecule has 1 aromatic rings. The van der Waals surface area contributed by atoms with Gasteiger partial charge in [-0.2, -0.15) is 0 Å². The minimum absolute atomic E-state index is 0.552. The van der Waals surface area contributed by atoms with Crippen molar-refractivity contribution in [3.05, 3.63) is 39.9 Å². The molecule has 18 heavy (non-hydrogen) atoms. The monoisotopic (exact) mass is 301 g/mol. The summed E-state index contributed by atoms with van der Waals surface area (Å²) < 4.78 is 5.28. The first-order valence-corrected chi connectivity index (χ1v) is 6.83. The van der Waals surface area contributed by atoms with Gasteiger partial charge in [0, 0.05) is 13.1 Å². The highest BCUT2D eigenvalue weighted by molar-refractivity contribution is 7.80. The predicted molar refractivity (Wildman–Crippen MR) is 80.5 cm³/mol. The van der Waals surface area contributed by atoms with Crippen LogP contribution in [0.5, 0.6) is 0 Å². The van der Waals surface area contributed by atoms with Crippen LogP contribution in [0.2, 0.25) is 10.0 Å². The average molecular weight is 302 g/mol. The van der Waals surface area contributed by atoms with Crippen molar-refractivity contribution < 1.29 is 4.74 Å². The molecule has 96 valence electrons. The first-order chi connectivity index (χ1) is 8.66. The number of thiocarbonyl (C=S) groups is 1. The Morgan fingerprint density at radius 1 is 1.22 bits per heavy atom. The fourth-order valence-corrected chi connectivity index (χ4v) is 2.23. The van der Waals surface area contributed by atoms with Crippen molar-refractivity contribution in [2.75, 3.05) is 26.3 Å². The van der Waals surface area contributed by atoms with Crippen LogP contribution in [0.4, 0.5) is 0 Å². The fraction of sp³-hybridized carbons (Fsp3) is 0.308. The molecular weight excluding hydrogens is 289 g/mol. The van der Waals surface area contributed by atoms with E-state index < -0.39 is 0 Å². The van der Waals surface area contributed by atoms with E-state index in [1.807, 2.05) is 24.3 Å². The third-order valence-corrected chi connectivity index (χ3v) is 3.82. The Bertz CT molecular complexity index is 470. The SMILES string of the molecule is S=C(/C=C/c1ccc(Cl)c(Cl)c1)N1CCOCC1. The van der Waals surface area contributed by atoms with Gasteiger partial charge in [-0.1, -0.05) is 47.6 Å². The van der Waals surface area contributed by atoms with Crippen LogP contribution in [0, 0.1) is 0 Å². The van der Waals surface area contributed by atoms with Gasteiger partial charge in [0.1, 0.15) is 4.99 Å². The van der Waals surface area contributed by atoms with Crippen molar-refractivity contribution in [1.29, 1.82) is 0 Å². The van der Waals surface area contributed by atoms with Crippen LogP contribution in [-0.4, -0.2) is 36.2 Å². The van der Waals surface area contributed by atoms with Crippen LogP contribution in [0.15, 0.2) is 24.3 Å². The molecular formula is C13H13Cl2NOS. The standard InChI is InChI=1S/C13H13Cl2NOS/c14-11-3-1-10(9-12(11)15)2-4-13(18)16-5-7-17-8-6-16/h1-4,9H,5-8H2/b4-2+. The highest BCUT2D eigenvalue weighted by atomic mass is 35.5. The number of morpholine rings is 1. The first kappa shape index (κ1) is 13.8. The molecule has 1 aliphatic heterocycles. The lowest BCUT2D eigenvalue weighted by Crippen LogP contribution is -2.38. The molecule has 0 radical (unpaired) electrons. The van der Waals surface area contributed by atoms with Gasteiger partial charge >= 0.3 is 0 Å². The van der Waals surface area contributed by atoms with Crippen LogP contribution in [-0.2, 0) is 4.74 Å². The molecule has 5 heteroatoms. The maximum atomic E-state index is 5.95. The fourth-order valence-electron chi connectivity index (χ4n) is 1.67. The van der Waals surface area contributed by atoms with Crippen molar-refractivity contribution >= 4 is 46.5 Å². The van der Waals surface area contributed by atoms with Gasteiger partial charge in [0.15, 0.2) is 0 Å². The van der Waals surface area contributed by atoms with Crippen LogP contribution in [0.3, 0.4) is 0 Å². The Morgan fingerprint density at radius 3 is 2.61 bits per heavy atom. The van der Waals surface area contributed by atoms with Crippen molar-refractivity contribution in [3.63, 3.8) is 0 Å². The average Bonchev–Trinajstić information content (AvgIpc) is 2.41. The minimum Gasteiger partial charge on any atom is -0.378 e. The first-order valence-electron chi connectivity index (χ1n) is 5.66. The molecule has 0 saturated carbocycles. The molecule has 1 aliphatic rings. The smallest absolute Gasteiger partial charge is 0.102 e. The summed E-state index contributed by atoms with van der Waals surface area (Å²) in [5, 5.41) is 1.11. The molecule has 0 aromatic heterocycles. The maximum absolute atomic E-state index is 5.95. The van der Waals surface area contributed by atoms with Gasteiger partial charge in [-0.25, -0.2) is 0 Å². The van der Waals surface area contributed by atoms with Crippen LogP contribution in [0.25, 0.3) is 6.08 Å². The summed E-state index contributed by atoms with van der Waals surface area (Å²) in [5.74, 6) is 0. The quantitative estimate of drug-likeness (QED) is 0.611. The highest BCUT2D eigenvalue weighted by Gasteiger charge is 2.11. The van der Waals surface area contributed by atoms with E-state index in [9.17, 15) is 0 Å². The number of nitrogens with zero attached hydrogens (tertiary/aromatic N) is 1. The Kier molecular flexibility index (Phi) is 5.01. The van der Waals surface area contributed by atoms with E-state index in [1.54, 1.807) is 6.07 Å². The summed E-state index contributed by atoms with van der Waals surface area (Å²) in [6, 6.07) is 5.51.